The highest BCUT2D eigenvalue weighted by Gasteiger charge is 2.26. The Morgan fingerprint density at radius 2 is 1.91 bits per heavy atom. The fourth-order valence-electron chi connectivity index (χ4n) is 4.48. The first-order valence-corrected chi connectivity index (χ1v) is 10.8. The number of rotatable bonds is 4. The second-order valence-electron chi connectivity index (χ2n) is 8.32. The smallest absolute Gasteiger partial charge is 0.257 e. The van der Waals surface area contributed by atoms with Gasteiger partial charge in [0.05, 0.1) is 0 Å². The van der Waals surface area contributed by atoms with E-state index in [-0.39, 0.29) is 11.9 Å². The van der Waals surface area contributed by atoms with Crippen molar-refractivity contribution >= 4 is 39.0 Å². The highest BCUT2D eigenvalue weighted by atomic mass is 16.2. The van der Waals surface area contributed by atoms with Crippen LogP contribution in [0.2, 0.25) is 0 Å². The second kappa shape index (κ2) is 7.69. The molecule has 1 atom stereocenters. The van der Waals surface area contributed by atoms with Crippen LogP contribution >= 0.6 is 0 Å². The van der Waals surface area contributed by atoms with Gasteiger partial charge in [-0.3, -0.25) is 9.78 Å². The second-order valence-corrected chi connectivity index (χ2v) is 8.32. The number of amides is 1. The molecule has 0 aliphatic carbocycles. The molecule has 6 heteroatoms. The zero-order valence-corrected chi connectivity index (χ0v) is 17.7. The molecule has 0 unspecified atom stereocenters. The Bertz CT molecular complexity index is 1570. The fraction of sp³-hybridized carbons (Fsp3) is 0.0741. The van der Waals surface area contributed by atoms with E-state index < -0.39 is 0 Å². The molecule has 0 fully saturated rings. The number of hydrogen-bond donors (Lipinski definition) is 3. The number of nitrogens with two attached hydrogens (primary N) is 1. The maximum atomic E-state index is 12.7. The number of pyridine rings is 2. The molecule has 0 bridgehead atoms. The van der Waals surface area contributed by atoms with E-state index in [2.05, 4.69) is 32.4 Å². The van der Waals surface area contributed by atoms with Crippen LogP contribution in [0.5, 0.6) is 0 Å². The van der Waals surface area contributed by atoms with Gasteiger partial charge < -0.3 is 16.0 Å². The Morgan fingerprint density at radius 3 is 2.85 bits per heavy atom. The number of hydrogen-bond acceptors (Lipinski definition) is 4. The number of fused-ring (bicyclic) bond motifs is 3. The minimum absolute atomic E-state index is 0.173. The van der Waals surface area contributed by atoms with Gasteiger partial charge in [0.2, 0.25) is 0 Å². The molecule has 3 aromatic heterocycles. The standard InChI is InChI=1S/C27H21N5O/c28-21(10-20-15-30-25-4-2-1-3-22(20)25)12-24-23-11-19(14-31-26(23)32-27(24)33)16-5-6-18-13-29-8-7-17(18)9-16/h1-9,11-15,21,30H,10,28H2,(H,31,32,33)/b24-12-/t21-/m0/s1. The van der Waals surface area contributed by atoms with Crippen molar-refractivity contribution in [1.29, 1.82) is 0 Å². The number of nitrogens with zero attached hydrogens (tertiary/aromatic N) is 2. The van der Waals surface area contributed by atoms with Crippen LogP contribution in [-0.2, 0) is 11.2 Å². The first kappa shape index (κ1) is 19.4. The van der Waals surface area contributed by atoms with Gasteiger partial charge in [0.1, 0.15) is 5.82 Å². The van der Waals surface area contributed by atoms with E-state index in [1.54, 1.807) is 12.4 Å². The van der Waals surface area contributed by atoms with Crippen molar-refractivity contribution in [2.75, 3.05) is 5.32 Å². The van der Waals surface area contributed by atoms with Gasteiger partial charge in [0.15, 0.2) is 0 Å². The first-order valence-electron chi connectivity index (χ1n) is 10.8. The summed E-state index contributed by atoms with van der Waals surface area (Å²) in [4.78, 5) is 24.7. The van der Waals surface area contributed by atoms with Gasteiger partial charge in [-0.2, -0.15) is 0 Å². The van der Waals surface area contributed by atoms with Crippen molar-refractivity contribution < 1.29 is 4.79 Å². The molecule has 33 heavy (non-hydrogen) atoms. The first-order chi connectivity index (χ1) is 16.2. The van der Waals surface area contributed by atoms with Crippen LogP contribution in [0.25, 0.3) is 38.4 Å². The summed E-state index contributed by atoms with van der Waals surface area (Å²) in [6.45, 7) is 0. The van der Waals surface area contributed by atoms with Crippen LogP contribution < -0.4 is 11.1 Å². The summed E-state index contributed by atoms with van der Waals surface area (Å²) in [7, 11) is 0. The maximum Gasteiger partial charge on any atom is 0.257 e. The molecule has 4 N–H and O–H groups in total. The summed E-state index contributed by atoms with van der Waals surface area (Å²) in [5.74, 6) is 0.396. The topological polar surface area (TPSA) is 96.7 Å². The lowest BCUT2D eigenvalue weighted by atomic mass is 9.98. The molecule has 6 nitrogen and oxygen atoms in total. The lowest BCUT2D eigenvalue weighted by Crippen LogP contribution is -2.21. The molecule has 0 spiro atoms. The number of aromatic nitrogens is 3. The molecule has 0 radical (unpaired) electrons. The van der Waals surface area contributed by atoms with Crippen molar-refractivity contribution in [3.05, 3.63) is 96.6 Å². The number of anilines is 1. The Labute approximate surface area is 190 Å². The Morgan fingerprint density at radius 1 is 1.00 bits per heavy atom. The van der Waals surface area contributed by atoms with Crippen LogP contribution in [0.4, 0.5) is 5.82 Å². The zero-order chi connectivity index (χ0) is 22.4. The zero-order valence-electron chi connectivity index (χ0n) is 17.7. The normalized spacial score (nSPS) is 15.2. The largest absolute Gasteiger partial charge is 0.361 e. The molecule has 6 rings (SSSR count). The number of para-hydroxylation sites is 1. The average Bonchev–Trinajstić information content (AvgIpc) is 3.39. The SMILES string of the molecule is N[C@H](/C=C1\C(=O)Nc2ncc(-c3ccc4cnccc4c3)cc21)Cc1c[nH]c2ccccc12. The lowest BCUT2D eigenvalue weighted by molar-refractivity contribution is -0.110. The van der Waals surface area contributed by atoms with Gasteiger partial charge in [-0.25, -0.2) is 4.98 Å². The highest BCUT2D eigenvalue weighted by molar-refractivity contribution is 6.31. The van der Waals surface area contributed by atoms with Gasteiger partial charge in [-0.1, -0.05) is 36.4 Å². The van der Waals surface area contributed by atoms with Crippen LogP contribution in [0.1, 0.15) is 11.1 Å². The highest BCUT2D eigenvalue weighted by Crippen LogP contribution is 2.34. The Hall–Kier alpha value is -4.29. The summed E-state index contributed by atoms with van der Waals surface area (Å²) in [6.07, 6.45) is 9.88. The number of H-pyrrole nitrogens is 1. The predicted molar refractivity (Wildman–Crippen MR) is 132 cm³/mol. The molecule has 1 aliphatic rings. The summed E-state index contributed by atoms with van der Waals surface area (Å²) in [5, 5.41) is 6.20. The Kier molecular flexibility index (Phi) is 4.52. The van der Waals surface area contributed by atoms with E-state index in [0.29, 0.717) is 17.8 Å². The lowest BCUT2D eigenvalue weighted by Gasteiger charge is -2.09. The average molecular weight is 431 g/mol. The molecule has 1 aliphatic heterocycles. The molecular formula is C27H21N5O. The van der Waals surface area contributed by atoms with Gasteiger partial charge in [0, 0.05) is 63.8 Å². The van der Waals surface area contributed by atoms with Crippen molar-refractivity contribution in [2.45, 2.75) is 12.5 Å². The number of nitrogens with one attached hydrogen (secondary N) is 2. The van der Waals surface area contributed by atoms with Crippen molar-refractivity contribution in [1.82, 2.24) is 15.0 Å². The third kappa shape index (κ3) is 3.46. The monoisotopic (exact) mass is 431 g/mol. The van der Waals surface area contributed by atoms with E-state index in [9.17, 15) is 4.79 Å². The van der Waals surface area contributed by atoms with Crippen LogP contribution in [0.15, 0.2) is 85.5 Å². The van der Waals surface area contributed by atoms with Gasteiger partial charge >= 0.3 is 0 Å². The minimum atomic E-state index is -0.312. The van der Waals surface area contributed by atoms with E-state index in [1.165, 1.54) is 0 Å². The van der Waals surface area contributed by atoms with E-state index in [4.69, 9.17) is 5.73 Å². The number of benzene rings is 2. The third-order valence-corrected chi connectivity index (χ3v) is 6.14. The molecule has 160 valence electrons. The molecular weight excluding hydrogens is 410 g/mol. The third-order valence-electron chi connectivity index (χ3n) is 6.14. The van der Waals surface area contributed by atoms with Gasteiger partial charge in [-0.05, 0) is 47.2 Å². The van der Waals surface area contributed by atoms with Crippen LogP contribution in [0, 0.1) is 0 Å². The van der Waals surface area contributed by atoms with Crippen LogP contribution in [-0.4, -0.2) is 26.9 Å². The number of carbonyl (C=O) groups is 1. The molecule has 5 aromatic rings. The minimum Gasteiger partial charge on any atom is -0.361 e. The Balaban J connectivity index is 1.34. The van der Waals surface area contributed by atoms with Crippen molar-refractivity contribution in [2.24, 2.45) is 5.73 Å². The van der Waals surface area contributed by atoms with E-state index in [1.807, 2.05) is 60.9 Å². The quantitative estimate of drug-likeness (QED) is 0.360. The molecule has 0 saturated carbocycles. The van der Waals surface area contributed by atoms with Gasteiger partial charge in [-0.15, -0.1) is 0 Å². The summed E-state index contributed by atoms with van der Waals surface area (Å²) in [6, 6.07) is 18.0. The van der Waals surface area contributed by atoms with E-state index in [0.717, 1.165) is 43.9 Å². The van der Waals surface area contributed by atoms with Crippen molar-refractivity contribution in [3.63, 3.8) is 0 Å². The molecule has 1 amide bonds. The maximum absolute atomic E-state index is 12.7. The molecule has 0 saturated heterocycles. The van der Waals surface area contributed by atoms with Crippen LogP contribution in [0.3, 0.4) is 0 Å². The summed E-state index contributed by atoms with van der Waals surface area (Å²) >= 11 is 0. The van der Waals surface area contributed by atoms with Crippen molar-refractivity contribution in [3.8, 4) is 11.1 Å². The molecule has 2 aromatic carbocycles. The summed E-state index contributed by atoms with van der Waals surface area (Å²) < 4.78 is 0. The van der Waals surface area contributed by atoms with E-state index >= 15 is 0 Å². The number of aromatic amines is 1. The predicted octanol–water partition coefficient (Wildman–Crippen LogP) is 4.68. The number of carbonyl (C=O) groups excluding carboxylic acids is 1. The van der Waals surface area contributed by atoms with Gasteiger partial charge in [0.25, 0.3) is 5.91 Å². The fourth-order valence-corrected chi connectivity index (χ4v) is 4.48. The summed E-state index contributed by atoms with van der Waals surface area (Å²) in [5.41, 5.74) is 12.0. The molecule has 4 heterocycles.